The van der Waals surface area contributed by atoms with Crippen molar-refractivity contribution in [1.82, 2.24) is 0 Å². The molecule has 0 heterocycles. The molecule has 0 spiro atoms. The van der Waals surface area contributed by atoms with Crippen LogP contribution in [0.25, 0.3) is 0 Å². The minimum atomic E-state index is -1.01. The quantitative estimate of drug-likeness (QED) is 0.563. The summed E-state index contributed by atoms with van der Waals surface area (Å²) < 4.78 is 0. The third kappa shape index (κ3) is 3.63. The summed E-state index contributed by atoms with van der Waals surface area (Å²) in [7, 11) is 0. The van der Waals surface area contributed by atoms with Crippen LogP contribution in [0.2, 0.25) is 0 Å². The molecule has 4 aliphatic rings. The molecule has 4 rings (SSSR count). The molecular weight excluding hydrogens is 372 g/mol. The van der Waals surface area contributed by atoms with E-state index in [2.05, 4.69) is 32.9 Å². The fourth-order valence-electron chi connectivity index (χ4n) is 7.93. The van der Waals surface area contributed by atoms with Crippen LogP contribution >= 0.6 is 0 Å². The fourth-order valence-corrected chi connectivity index (χ4v) is 7.93. The van der Waals surface area contributed by atoms with Crippen molar-refractivity contribution >= 4 is 0 Å². The van der Waals surface area contributed by atoms with Crippen LogP contribution in [0.3, 0.4) is 0 Å². The Morgan fingerprint density at radius 2 is 1.77 bits per heavy atom. The number of rotatable bonds is 5. The van der Waals surface area contributed by atoms with E-state index in [1.165, 1.54) is 31.3 Å². The Hall–Kier alpha value is -0.640. The first-order valence-electron chi connectivity index (χ1n) is 12.5. The second kappa shape index (κ2) is 7.74. The summed E-state index contributed by atoms with van der Waals surface area (Å²) >= 11 is 0. The smallest absolute Gasteiger partial charge is 0.0849 e. The molecule has 170 valence electrons. The zero-order chi connectivity index (χ0) is 21.9. The maximum absolute atomic E-state index is 10.3. The predicted molar refractivity (Wildman–Crippen MR) is 122 cm³/mol. The van der Waals surface area contributed by atoms with E-state index in [1.54, 1.807) is 19.4 Å². The highest BCUT2D eigenvalue weighted by atomic mass is 16.3. The standard InChI is InChI=1S/C27H44O3/c1-17(6-11-24(29)25(2,3)30)21-9-10-22-20-8-7-18-16-19(28)12-14-26(18,4)23(20)13-15-27(21,22)5/h7-8,17,19,21-24,28-30H,6,9-16H2,1-5H3/t17-,19?,21-,22+,23+,24?,26+,27-/m1/s1. The van der Waals surface area contributed by atoms with Gasteiger partial charge >= 0.3 is 0 Å². The van der Waals surface area contributed by atoms with Crippen molar-refractivity contribution in [2.45, 2.75) is 110 Å². The van der Waals surface area contributed by atoms with Crippen molar-refractivity contribution < 1.29 is 15.3 Å². The number of aliphatic hydroxyl groups excluding tert-OH is 2. The highest BCUT2D eigenvalue weighted by Gasteiger charge is 2.56. The second-order valence-electron chi connectivity index (χ2n) is 12.2. The van der Waals surface area contributed by atoms with Gasteiger partial charge in [-0.2, -0.15) is 0 Å². The average Bonchev–Trinajstić information content (AvgIpc) is 3.03. The van der Waals surface area contributed by atoms with E-state index in [0.29, 0.717) is 35.5 Å². The molecular formula is C27H44O3. The van der Waals surface area contributed by atoms with E-state index in [1.807, 2.05) is 0 Å². The Morgan fingerprint density at radius 1 is 1.03 bits per heavy atom. The van der Waals surface area contributed by atoms with Crippen molar-refractivity contribution in [2.24, 2.45) is 34.5 Å². The van der Waals surface area contributed by atoms with E-state index < -0.39 is 11.7 Å². The Balaban J connectivity index is 1.51. The molecule has 0 bridgehead atoms. The maximum Gasteiger partial charge on any atom is 0.0849 e. The molecule has 0 aromatic heterocycles. The molecule has 3 nitrogen and oxygen atoms in total. The number of aliphatic hydroxyl groups is 3. The Bertz CT molecular complexity index is 716. The van der Waals surface area contributed by atoms with Crippen LogP contribution in [0.4, 0.5) is 0 Å². The lowest BCUT2D eigenvalue weighted by Gasteiger charge is -2.55. The molecule has 30 heavy (non-hydrogen) atoms. The van der Waals surface area contributed by atoms with Crippen molar-refractivity contribution in [1.29, 1.82) is 0 Å². The fraction of sp³-hybridized carbons (Fsp3) is 0.852. The van der Waals surface area contributed by atoms with Gasteiger partial charge in [0.05, 0.1) is 17.8 Å². The van der Waals surface area contributed by atoms with E-state index in [9.17, 15) is 15.3 Å². The SMILES string of the molecule is C[C@H](CCC(O)C(C)(C)O)[C@H]1CC[C@H]2C3=CC=C4CC(O)CC[C@]4(C)[C@H]3CC[C@]12C. The summed E-state index contributed by atoms with van der Waals surface area (Å²) in [4.78, 5) is 0. The van der Waals surface area contributed by atoms with Crippen LogP contribution < -0.4 is 0 Å². The lowest BCUT2D eigenvalue weighted by Crippen LogP contribution is -2.46. The summed E-state index contributed by atoms with van der Waals surface area (Å²) in [5.41, 5.74) is 2.79. The van der Waals surface area contributed by atoms with Gasteiger partial charge in [0.25, 0.3) is 0 Å². The van der Waals surface area contributed by atoms with Crippen molar-refractivity contribution in [3.8, 4) is 0 Å². The molecule has 0 aliphatic heterocycles. The largest absolute Gasteiger partial charge is 0.393 e. The molecule has 4 aliphatic carbocycles. The van der Waals surface area contributed by atoms with Gasteiger partial charge in [0.1, 0.15) is 0 Å². The normalized spacial score (nSPS) is 43.1. The van der Waals surface area contributed by atoms with Crippen LogP contribution in [0.5, 0.6) is 0 Å². The lowest BCUT2D eigenvalue weighted by atomic mass is 9.50. The third-order valence-electron chi connectivity index (χ3n) is 10.0. The molecule has 0 aromatic rings. The lowest BCUT2D eigenvalue weighted by molar-refractivity contribution is -0.0557. The summed E-state index contributed by atoms with van der Waals surface area (Å²) in [6, 6.07) is 0. The van der Waals surface area contributed by atoms with Crippen LogP contribution in [-0.2, 0) is 0 Å². The molecule has 0 saturated heterocycles. The topological polar surface area (TPSA) is 60.7 Å². The van der Waals surface area contributed by atoms with E-state index in [0.717, 1.165) is 25.7 Å². The van der Waals surface area contributed by atoms with Gasteiger partial charge in [0.2, 0.25) is 0 Å². The summed E-state index contributed by atoms with van der Waals surface area (Å²) in [6.07, 6.45) is 13.8. The zero-order valence-electron chi connectivity index (χ0n) is 19.8. The number of hydrogen-bond donors (Lipinski definition) is 3. The van der Waals surface area contributed by atoms with Gasteiger partial charge in [-0.3, -0.25) is 0 Å². The molecule has 8 atom stereocenters. The van der Waals surface area contributed by atoms with Crippen molar-refractivity contribution in [3.63, 3.8) is 0 Å². The van der Waals surface area contributed by atoms with E-state index >= 15 is 0 Å². The zero-order valence-corrected chi connectivity index (χ0v) is 19.8. The second-order valence-corrected chi connectivity index (χ2v) is 12.2. The number of fused-ring (bicyclic) bond motifs is 5. The first-order chi connectivity index (χ1) is 14.0. The van der Waals surface area contributed by atoms with Gasteiger partial charge in [-0.1, -0.05) is 44.1 Å². The average molecular weight is 417 g/mol. The summed E-state index contributed by atoms with van der Waals surface area (Å²) in [5, 5.41) is 30.6. The third-order valence-corrected chi connectivity index (χ3v) is 10.0. The summed E-state index contributed by atoms with van der Waals surface area (Å²) in [5.74, 6) is 2.62. The van der Waals surface area contributed by atoms with Crippen LogP contribution in [0, 0.1) is 34.5 Å². The minimum absolute atomic E-state index is 0.149. The van der Waals surface area contributed by atoms with Gasteiger partial charge in [-0.15, -0.1) is 0 Å². The molecule has 0 radical (unpaired) electrons. The van der Waals surface area contributed by atoms with Crippen molar-refractivity contribution in [3.05, 3.63) is 23.3 Å². The van der Waals surface area contributed by atoms with Crippen LogP contribution in [-0.4, -0.2) is 33.1 Å². The molecule has 0 amide bonds. The number of allylic oxidation sites excluding steroid dienone is 3. The van der Waals surface area contributed by atoms with E-state index in [-0.39, 0.29) is 11.5 Å². The van der Waals surface area contributed by atoms with E-state index in [4.69, 9.17) is 0 Å². The predicted octanol–water partition coefficient (Wildman–Crippen LogP) is 5.39. The van der Waals surface area contributed by atoms with Crippen molar-refractivity contribution in [2.75, 3.05) is 0 Å². The van der Waals surface area contributed by atoms with Gasteiger partial charge < -0.3 is 15.3 Å². The summed E-state index contributed by atoms with van der Waals surface area (Å²) in [6.45, 7) is 10.8. The van der Waals surface area contributed by atoms with Gasteiger partial charge in [-0.05, 0) is 106 Å². The first-order valence-corrected chi connectivity index (χ1v) is 12.5. The van der Waals surface area contributed by atoms with Gasteiger partial charge in [-0.25, -0.2) is 0 Å². The Morgan fingerprint density at radius 3 is 2.47 bits per heavy atom. The molecule has 3 heteroatoms. The molecule has 3 fully saturated rings. The highest BCUT2D eigenvalue weighted by molar-refractivity contribution is 5.38. The van der Waals surface area contributed by atoms with Crippen LogP contribution in [0.1, 0.15) is 92.4 Å². The van der Waals surface area contributed by atoms with Gasteiger partial charge in [0.15, 0.2) is 0 Å². The number of hydrogen-bond acceptors (Lipinski definition) is 3. The molecule has 2 unspecified atom stereocenters. The monoisotopic (exact) mass is 416 g/mol. The Kier molecular flexibility index (Phi) is 5.82. The Labute approximate surface area is 183 Å². The molecule has 3 N–H and O–H groups in total. The van der Waals surface area contributed by atoms with Crippen LogP contribution in [0.15, 0.2) is 23.3 Å². The molecule has 0 aromatic carbocycles. The minimum Gasteiger partial charge on any atom is -0.393 e. The first kappa shape index (κ1) is 22.6. The molecule has 3 saturated carbocycles. The maximum atomic E-state index is 10.3. The van der Waals surface area contributed by atoms with Gasteiger partial charge in [0, 0.05) is 0 Å². The highest BCUT2D eigenvalue weighted by Crippen LogP contribution is 2.66.